The second-order valence-electron chi connectivity index (χ2n) is 6.16. The molecule has 3 fully saturated rings. The molecular formula is C15H16N2O7. The Kier molecular flexibility index (Phi) is 3.55. The number of quaternary nitrogens is 1. The molecule has 3 aliphatic rings. The van der Waals surface area contributed by atoms with Gasteiger partial charge in [0.25, 0.3) is 5.91 Å². The highest BCUT2D eigenvalue weighted by atomic mass is 16.8. The summed E-state index contributed by atoms with van der Waals surface area (Å²) in [6.07, 6.45) is -1.77. The number of rotatable bonds is 3. The van der Waals surface area contributed by atoms with Crippen molar-refractivity contribution in [3.63, 3.8) is 0 Å². The summed E-state index contributed by atoms with van der Waals surface area (Å²) in [5.41, 5.74) is 0.191. The Morgan fingerprint density at radius 2 is 2.08 bits per heavy atom. The summed E-state index contributed by atoms with van der Waals surface area (Å²) < 4.78 is 10.8. The average molecular weight is 336 g/mol. The number of nitrogens with zero attached hydrogens (tertiary/aromatic N) is 1. The smallest absolute Gasteiger partial charge is 0.338 e. The van der Waals surface area contributed by atoms with Crippen molar-refractivity contribution in [1.82, 2.24) is 4.90 Å². The molecule has 3 N–H and O–H groups in total. The van der Waals surface area contributed by atoms with Crippen molar-refractivity contribution in [2.75, 3.05) is 6.54 Å². The first-order valence-electron chi connectivity index (χ1n) is 7.66. The zero-order valence-corrected chi connectivity index (χ0v) is 12.5. The van der Waals surface area contributed by atoms with Crippen LogP contribution in [0.3, 0.4) is 0 Å². The maximum absolute atomic E-state index is 12.4. The van der Waals surface area contributed by atoms with Gasteiger partial charge in [0.15, 0.2) is 18.1 Å². The average Bonchev–Trinajstić information content (AvgIpc) is 3.18. The number of amides is 1. The van der Waals surface area contributed by atoms with E-state index in [1.54, 1.807) is 4.90 Å². The van der Waals surface area contributed by atoms with Gasteiger partial charge in [0.2, 0.25) is 0 Å². The molecule has 1 amide bonds. The molecule has 6 unspecified atom stereocenters. The van der Waals surface area contributed by atoms with E-state index in [1.165, 1.54) is 24.3 Å². The fourth-order valence-corrected chi connectivity index (χ4v) is 3.80. The summed E-state index contributed by atoms with van der Waals surface area (Å²) in [6.45, 7) is 0.527. The van der Waals surface area contributed by atoms with Crippen LogP contribution in [0, 0.1) is 11.1 Å². The molecule has 6 atom stereocenters. The summed E-state index contributed by atoms with van der Waals surface area (Å²) in [6, 6.07) is 4.99. The van der Waals surface area contributed by atoms with Crippen LogP contribution in [0.1, 0.15) is 16.8 Å². The number of ether oxygens (including phenoxy) is 2. The summed E-state index contributed by atoms with van der Waals surface area (Å²) in [5.74, 6) is -1.64. The van der Waals surface area contributed by atoms with Crippen LogP contribution in [0.25, 0.3) is 0 Å². The highest BCUT2D eigenvalue weighted by Gasteiger charge is 2.63. The van der Waals surface area contributed by atoms with Gasteiger partial charge in [-0.05, 0) is 18.6 Å². The summed E-state index contributed by atoms with van der Waals surface area (Å²) in [5, 5.41) is 28.6. The second-order valence-corrected chi connectivity index (χ2v) is 6.16. The maximum atomic E-state index is 12.4. The minimum atomic E-state index is -1.14. The van der Waals surface area contributed by atoms with E-state index >= 15 is 0 Å². The van der Waals surface area contributed by atoms with E-state index in [9.17, 15) is 19.9 Å². The number of carbonyl (C=O) groups excluding carboxylic acids is 2. The molecule has 0 spiro atoms. The van der Waals surface area contributed by atoms with Gasteiger partial charge in [-0.15, -0.1) is 0 Å². The van der Waals surface area contributed by atoms with Gasteiger partial charge in [-0.1, -0.05) is 0 Å². The predicted octanol–water partition coefficient (Wildman–Crippen LogP) is -1.44. The van der Waals surface area contributed by atoms with Gasteiger partial charge in [0, 0.05) is 18.7 Å². The van der Waals surface area contributed by atoms with E-state index in [4.69, 9.17) is 14.7 Å². The summed E-state index contributed by atoms with van der Waals surface area (Å²) in [7, 11) is 0. The third-order valence-corrected chi connectivity index (χ3v) is 4.91. The van der Waals surface area contributed by atoms with Crippen LogP contribution in [0.5, 0.6) is 0 Å². The lowest BCUT2D eigenvalue weighted by atomic mass is 9.97. The van der Waals surface area contributed by atoms with Crippen molar-refractivity contribution in [3.05, 3.63) is 35.0 Å². The number of hydrogen-bond acceptors (Lipinski definition) is 7. The fraction of sp³-hybridized carbons (Fsp3) is 0.467. The molecule has 24 heavy (non-hydrogen) atoms. The standard InChI is InChI=1S/C15H16N2O7/c18-13-12(10-11-9(23-15(10)20)5-6-16(11)13)24-14(19)7-1-3-8(4-2-7)17(21)22/h1-4,9-12,15,17,20-21H,5-6H2. The molecule has 3 saturated heterocycles. The number of esters is 1. The van der Waals surface area contributed by atoms with Crippen molar-refractivity contribution >= 4 is 17.6 Å². The Morgan fingerprint density at radius 1 is 1.38 bits per heavy atom. The molecule has 0 aliphatic carbocycles. The van der Waals surface area contributed by atoms with Crippen LogP contribution >= 0.6 is 0 Å². The molecule has 128 valence electrons. The van der Waals surface area contributed by atoms with E-state index in [0.29, 0.717) is 13.0 Å². The molecule has 9 nitrogen and oxygen atoms in total. The van der Waals surface area contributed by atoms with Crippen molar-refractivity contribution in [2.45, 2.75) is 31.0 Å². The molecule has 0 aromatic heterocycles. The Morgan fingerprint density at radius 3 is 2.75 bits per heavy atom. The Bertz CT molecular complexity index is 677. The Hall–Kier alpha value is -2.04. The minimum Gasteiger partial charge on any atom is -0.595 e. The fourth-order valence-electron chi connectivity index (χ4n) is 3.80. The highest BCUT2D eigenvalue weighted by molar-refractivity contribution is 5.93. The molecule has 1 aromatic carbocycles. The van der Waals surface area contributed by atoms with E-state index in [-0.39, 0.29) is 29.3 Å². The molecule has 9 heteroatoms. The third-order valence-electron chi connectivity index (χ3n) is 4.91. The van der Waals surface area contributed by atoms with Gasteiger partial charge in [-0.3, -0.25) is 4.79 Å². The van der Waals surface area contributed by atoms with Gasteiger partial charge < -0.3 is 24.7 Å². The predicted molar refractivity (Wildman–Crippen MR) is 75.9 cm³/mol. The van der Waals surface area contributed by atoms with Crippen LogP contribution in [0.15, 0.2) is 24.3 Å². The van der Waals surface area contributed by atoms with Crippen LogP contribution < -0.4 is 5.23 Å². The first kappa shape index (κ1) is 15.5. The Balaban J connectivity index is 1.52. The number of nitrogens with one attached hydrogen (secondary N) is 1. The summed E-state index contributed by atoms with van der Waals surface area (Å²) in [4.78, 5) is 26.3. The van der Waals surface area contributed by atoms with E-state index < -0.39 is 29.5 Å². The Labute approximate surface area is 136 Å². The van der Waals surface area contributed by atoms with Crippen molar-refractivity contribution in [3.8, 4) is 0 Å². The van der Waals surface area contributed by atoms with E-state index in [2.05, 4.69) is 0 Å². The number of benzene rings is 1. The molecular weight excluding hydrogens is 320 g/mol. The molecule has 3 heterocycles. The van der Waals surface area contributed by atoms with E-state index in [0.717, 1.165) is 0 Å². The van der Waals surface area contributed by atoms with Gasteiger partial charge >= 0.3 is 5.97 Å². The van der Waals surface area contributed by atoms with Gasteiger partial charge in [-0.25, -0.2) is 10.0 Å². The molecule has 0 radical (unpaired) electrons. The maximum Gasteiger partial charge on any atom is 0.338 e. The lowest BCUT2D eigenvalue weighted by Gasteiger charge is -2.18. The zero-order chi connectivity index (χ0) is 17.0. The SMILES string of the molecule is O=C(OC1C(=O)N2CCC3OC(O)C1C32)c1ccc([NH+]([O-])O)cc1. The number of aliphatic hydroxyl groups excluding tert-OH is 1. The highest BCUT2D eigenvalue weighted by Crippen LogP contribution is 2.44. The number of carbonyl (C=O) groups is 2. The van der Waals surface area contributed by atoms with Crippen molar-refractivity contribution in [1.29, 1.82) is 0 Å². The first-order chi connectivity index (χ1) is 11.5. The van der Waals surface area contributed by atoms with Crippen LogP contribution in [0.4, 0.5) is 5.69 Å². The van der Waals surface area contributed by atoms with Crippen molar-refractivity contribution in [2.24, 2.45) is 5.92 Å². The quantitative estimate of drug-likeness (QED) is 0.456. The summed E-state index contributed by atoms with van der Waals surface area (Å²) >= 11 is 0. The van der Waals surface area contributed by atoms with Gasteiger partial charge in [0.1, 0.15) is 0 Å². The zero-order valence-electron chi connectivity index (χ0n) is 12.5. The lowest BCUT2D eigenvalue weighted by Crippen LogP contribution is -2.99. The normalized spacial score (nSPS) is 35.2. The van der Waals surface area contributed by atoms with E-state index in [1.807, 2.05) is 0 Å². The molecule has 3 aliphatic heterocycles. The van der Waals surface area contributed by atoms with Gasteiger partial charge in [0.05, 0.1) is 23.6 Å². The molecule has 0 bridgehead atoms. The second kappa shape index (κ2) is 5.50. The van der Waals surface area contributed by atoms with Gasteiger partial charge in [-0.2, -0.15) is 5.23 Å². The molecule has 0 saturated carbocycles. The largest absolute Gasteiger partial charge is 0.595 e. The molecule has 4 rings (SSSR count). The van der Waals surface area contributed by atoms with Crippen LogP contribution in [0.2, 0.25) is 0 Å². The minimum absolute atomic E-state index is 0.0478. The lowest BCUT2D eigenvalue weighted by molar-refractivity contribution is -0.991. The first-order valence-corrected chi connectivity index (χ1v) is 7.66. The van der Waals surface area contributed by atoms with Crippen molar-refractivity contribution < 1.29 is 34.6 Å². The monoisotopic (exact) mass is 336 g/mol. The van der Waals surface area contributed by atoms with Crippen LogP contribution in [-0.2, 0) is 14.3 Å². The number of hydrogen-bond donors (Lipinski definition) is 3. The van der Waals surface area contributed by atoms with Crippen LogP contribution in [-0.4, -0.2) is 58.2 Å². The molecule has 1 aromatic rings. The number of aliphatic hydroxyl groups is 1. The topological polar surface area (TPSA) is 124 Å². The third kappa shape index (κ3) is 2.21.